The molecule has 0 aliphatic rings. The maximum Gasteiger partial charge on any atom is 0.341 e. The number of anilines is 2. The molecular weight excluding hydrogens is 532 g/mol. The van der Waals surface area contributed by atoms with Gasteiger partial charge in [-0.05, 0) is 48.5 Å². The van der Waals surface area contributed by atoms with Crippen molar-refractivity contribution in [1.82, 2.24) is 9.78 Å². The molecule has 0 radical (unpaired) electrons. The fraction of sp³-hybridized carbons (Fsp3) is 0.160. The highest BCUT2D eigenvalue weighted by Gasteiger charge is 2.19. The molecule has 0 aliphatic heterocycles. The standard InChI is InChI=1S/C25H23BrN4O2S2/c1-2-32-24(31)21-15-20(14-17-6-4-3-5-7-17)34-23(21)28-25(33)27-22-12-13-30(29-22)16-18-8-10-19(26)11-9-18/h3-13,15H,2,14,16H2,1H3,(H2,27,28,29,33). The van der Waals surface area contributed by atoms with Gasteiger partial charge in [0.1, 0.15) is 5.00 Å². The first-order valence-corrected chi connectivity index (χ1v) is 12.7. The second-order valence-corrected chi connectivity index (χ2v) is 9.90. The van der Waals surface area contributed by atoms with Crippen LogP contribution < -0.4 is 10.6 Å². The molecule has 2 N–H and O–H groups in total. The zero-order chi connectivity index (χ0) is 23.9. The molecule has 34 heavy (non-hydrogen) atoms. The molecule has 0 saturated heterocycles. The zero-order valence-electron chi connectivity index (χ0n) is 18.5. The summed E-state index contributed by atoms with van der Waals surface area (Å²) in [6.45, 7) is 2.75. The Bertz CT molecular complexity index is 1270. The van der Waals surface area contributed by atoms with Crippen molar-refractivity contribution in [3.05, 3.63) is 99.0 Å². The molecule has 6 nitrogen and oxygen atoms in total. The van der Waals surface area contributed by atoms with Gasteiger partial charge in [0.2, 0.25) is 0 Å². The number of thiocarbonyl (C=S) groups is 1. The van der Waals surface area contributed by atoms with Gasteiger partial charge in [0.25, 0.3) is 0 Å². The number of thiophene rings is 1. The predicted octanol–water partition coefficient (Wildman–Crippen LogP) is 6.33. The molecule has 0 aliphatic carbocycles. The second-order valence-electron chi connectivity index (χ2n) is 7.44. The zero-order valence-corrected chi connectivity index (χ0v) is 21.7. The first-order chi connectivity index (χ1) is 16.5. The lowest BCUT2D eigenvalue weighted by atomic mass is 10.1. The van der Waals surface area contributed by atoms with Crippen LogP contribution in [0.4, 0.5) is 10.8 Å². The lowest BCUT2D eigenvalue weighted by Gasteiger charge is -2.09. The number of ether oxygens (including phenoxy) is 1. The predicted molar refractivity (Wildman–Crippen MR) is 145 cm³/mol. The number of benzene rings is 2. The molecule has 0 amide bonds. The van der Waals surface area contributed by atoms with Gasteiger partial charge in [0.05, 0.1) is 18.7 Å². The van der Waals surface area contributed by atoms with Gasteiger partial charge < -0.3 is 15.4 Å². The van der Waals surface area contributed by atoms with Gasteiger partial charge >= 0.3 is 5.97 Å². The average molecular weight is 556 g/mol. The van der Waals surface area contributed by atoms with Gasteiger partial charge in [-0.15, -0.1) is 11.3 Å². The summed E-state index contributed by atoms with van der Waals surface area (Å²) in [5.74, 6) is 0.246. The molecule has 174 valence electrons. The van der Waals surface area contributed by atoms with Crippen LogP contribution in [-0.2, 0) is 17.7 Å². The number of carbonyl (C=O) groups excluding carboxylic acids is 1. The van der Waals surface area contributed by atoms with Crippen molar-refractivity contribution < 1.29 is 9.53 Å². The summed E-state index contributed by atoms with van der Waals surface area (Å²) in [7, 11) is 0. The van der Waals surface area contributed by atoms with Gasteiger partial charge in [-0.2, -0.15) is 5.10 Å². The highest BCUT2D eigenvalue weighted by molar-refractivity contribution is 9.10. The Hall–Kier alpha value is -3.01. The Balaban J connectivity index is 1.43. The molecular formula is C25H23BrN4O2S2. The molecule has 0 saturated carbocycles. The molecule has 4 aromatic rings. The van der Waals surface area contributed by atoms with Crippen molar-refractivity contribution in [2.24, 2.45) is 0 Å². The third-order valence-corrected chi connectivity index (χ3v) is 6.65. The first-order valence-electron chi connectivity index (χ1n) is 10.7. The van der Waals surface area contributed by atoms with Gasteiger partial charge in [0.15, 0.2) is 10.9 Å². The van der Waals surface area contributed by atoms with E-state index < -0.39 is 0 Å². The number of rotatable bonds is 8. The fourth-order valence-corrected chi connectivity index (χ4v) is 4.94. The lowest BCUT2D eigenvalue weighted by molar-refractivity contribution is 0.0528. The number of esters is 1. The smallest absolute Gasteiger partial charge is 0.341 e. The summed E-state index contributed by atoms with van der Waals surface area (Å²) in [6.07, 6.45) is 2.61. The van der Waals surface area contributed by atoms with Gasteiger partial charge in [0, 0.05) is 28.0 Å². The fourth-order valence-electron chi connectivity index (χ4n) is 3.32. The molecule has 0 fully saturated rings. The highest BCUT2D eigenvalue weighted by atomic mass is 79.9. The second kappa shape index (κ2) is 11.4. The van der Waals surface area contributed by atoms with Crippen molar-refractivity contribution in [3.8, 4) is 0 Å². The lowest BCUT2D eigenvalue weighted by Crippen LogP contribution is -2.20. The van der Waals surface area contributed by atoms with E-state index in [1.54, 1.807) is 6.92 Å². The van der Waals surface area contributed by atoms with Crippen LogP contribution in [0.5, 0.6) is 0 Å². The van der Waals surface area contributed by atoms with Crippen LogP contribution in [0.15, 0.2) is 77.4 Å². The van der Waals surface area contributed by atoms with Gasteiger partial charge in [-0.25, -0.2) is 4.79 Å². The Kier molecular flexibility index (Phi) is 8.10. The first kappa shape index (κ1) is 24.1. The topological polar surface area (TPSA) is 68.2 Å². The maximum absolute atomic E-state index is 12.5. The number of nitrogens with zero attached hydrogens (tertiary/aromatic N) is 2. The van der Waals surface area contributed by atoms with Crippen LogP contribution in [0.2, 0.25) is 0 Å². The van der Waals surface area contributed by atoms with E-state index in [0.717, 1.165) is 21.3 Å². The van der Waals surface area contributed by atoms with E-state index in [1.165, 1.54) is 16.9 Å². The summed E-state index contributed by atoms with van der Waals surface area (Å²) in [6, 6.07) is 21.9. The van der Waals surface area contributed by atoms with E-state index in [9.17, 15) is 4.79 Å². The van der Waals surface area contributed by atoms with Crippen LogP contribution in [0, 0.1) is 0 Å². The highest BCUT2D eigenvalue weighted by Crippen LogP contribution is 2.31. The molecule has 0 spiro atoms. The Morgan fingerprint density at radius 2 is 1.85 bits per heavy atom. The van der Waals surface area contributed by atoms with E-state index in [0.29, 0.717) is 34.6 Å². The number of hydrogen-bond acceptors (Lipinski definition) is 5. The monoisotopic (exact) mass is 554 g/mol. The van der Waals surface area contributed by atoms with E-state index in [1.807, 2.05) is 65.5 Å². The molecule has 0 atom stereocenters. The minimum atomic E-state index is -0.373. The summed E-state index contributed by atoms with van der Waals surface area (Å²) in [5.41, 5.74) is 2.78. The molecule has 2 heterocycles. The number of halogens is 1. The van der Waals surface area contributed by atoms with Crippen LogP contribution in [-0.4, -0.2) is 27.5 Å². The third-order valence-electron chi connectivity index (χ3n) is 4.87. The van der Waals surface area contributed by atoms with E-state index in [-0.39, 0.29) is 5.97 Å². The normalized spacial score (nSPS) is 10.6. The Labute approximate surface area is 216 Å². The van der Waals surface area contributed by atoms with E-state index >= 15 is 0 Å². The molecule has 4 rings (SSSR count). The van der Waals surface area contributed by atoms with Crippen LogP contribution in [0.25, 0.3) is 0 Å². The van der Waals surface area contributed by atoms with Gasteiger partial charge in [-0.1, -0.05) is 58.4 Å². The third kappa shape index (κ3) is 6.53. The SMILES string of the molecule is CCOC(=O)c1cc(Cc2ccccc2)sc1NC(=S)Nc1ccn(Cc2ccc(Br)cc2)n1. The van der Waals surface area contributed by atoms with Crippen LogP contribution >= 0.6 is 39.5 Å². The minimum absolute atomic E-state index is 0.306. The van der Waals surface area contributed by atoms with Crippen molar-refractivity contribution in [1.29, 1.82) is 0 Å². The number of aromatic nitrogens is 2. The number of nitrogens with one attached hydrogen (secondary N) is 2. The molecule has 0 bridgehead atoms. The van der Waals surface area contributed by atoms with E-state index in [4.69, 9.17) is 17.0 Å². The van der Waals surface area contributed by atoms with Crippen molar-refractivity contribution >= 4 is 61.4 Å². The summed E-state index contributed by atoms with van der Waals surface area (Å²) in [4.78, 5) is 13.6. The van der Waals surface area contributed by atoms with Crippen LogP contribution in [0.3, 0.4) is 0 Å². The molecule has 9 heteroatoms. The quantitative estimate of drug-likeness (QED) is 0.196. The summed E-state index contributed by atoms with van der Waals surface area (Å²) in [5, 5.41) is 11.8. The minimum Gasteiger partial charge on any atom is -0.462 e. The number of carbonyl (C=O) groups is 1. The Morgan fingerprint density at radius 1 is 1.09 bits per heavy atom. The van der Waals surface area contributed by atoms with E-state index in [2.05, 4.69) is 43.8 Å². The molecule has 2 aromatic heterocycles. The molecule has 0 unspecified atom stereocenters. The largest absolute Gasteiger partial charge is 0.462 e. The maximum atomic E-state index is 12.5. The Morgan fingerprint density at radius 3 is 2.59 bits per heavy atom. The van der Waals surface area contributed by atoms with Crippen molar-refractivity contribution in [3.63, 3.8) is 0 Å². The van der Waals surface area contributed by atoms with Crippen LogP contribution in [0.1, 0.15) is 33.3 Å². The van der Waals surface area contributed by atoms with Gasteiger partial charge in [-0.3, -0.25) is 4.68 Å². The summed E-state index contributed by atoms with van der Waals surface area (Å²) < 4.78 is 8.12. The summed E-state index contributed by atoms with van der Waals surface area (Å²) >= 11 is 10.4. The number of hydrogen-bond donors (Lipinski definition) is 2. The van der Waals surface area contributed by atoms with Crippen molar-refractivity contribution in [2.75, 3.05) is 17.2 Å². The molecule has 2 aromatic carbocycles. The average Bonchev–Trinajstić information content (AvgIpc) is 3.42. The van der Waals surface area contributed by atoms with Crippen molar-refractivity contribution in [2.45, 2.75) is 19.9 Å².